The molecule has 1 fully saturated rings. The zero-order valence-electron chi connectivity index (χ0n) is 17.2. The number of nitrogens with zero attached hydrogens (tertiary/aromatic N) is 4. The van der Waals surface area contributed by atoms with Crippen LogP contribution >= 0.6 is 11.8 Å². The lowest BCUT2D eigenvalue weighted by atomic mass is 9.99. The maximum Gasteiger partial charge on any atom is 0.277 e. The average Bonchev–Trinajstić information content (AvgIpc) is 3.18. The minimum atomic E-state index is -0.230. The predicted octanol–water partition coefficient (Wildman–Crippen LogP) is 4.32. The van der Waals surface area contributed by atoms with Gasteiger partial charge >= 0.3 is 0 Å². The molecule has 0 aliphatic carbocycles. The zero-order chi connectivity index (χ0) is 20.1. The molecule has 0 saturated carbocycles. The number of aromatic nitrogens is 2. The molecule has 0 unspecified atom stereocenters. The molecule has 1 aromatic heterocycles. The first kappa shape index (κ1) is 20.7. The summed E-state index contributed by atoms with van der Waals surface area (Å²) < 4.78 is 5.80. The Balaban J connectivity index is 1.61. The molecule has 152 valence electrons. The third kappa shape index (κ3) is 4.87. The molecule has 7 heteroatoms. The first-order valence-electron chi connectivity index (χ1n) is 10.2. The van der Waals surface area contributed by atoms with E-state index in [1.807, 2.05) is 24.0 Å². The number of benzene rings is 1. The molecule has 1 aliphatic rings. The molecule has 1 atom stereocenters. The van der Waals surface area contributed by atoms with Gasteiger partial charge in [-0.1, -0.05) is 18.7 Å². The molecule has 1 saturated heterocycles. The SMILES string of the molecule is CCN(CC)c1ccc(-c2nnc(S[C@@H](C)C(=O)N3CCC(C)CC3)o2)cc1. The highest BCUT2D eigenvalue weighted by atomic mass is 32.2. The minimum Gasteiger partial charge on any atom is -0.411 e. The summed E-state index contributed by atoms with van der Waals surface area (Å²) in [4.78, 5) is 16.9. The molecule has 0 N–H and O–H groups in total. The molecule has 1 amide bonds. The number of thioether (sulfide) groups is 1. The van der Waals surface area contributed by atoms with Crippen LogP contribution in [0.4, 0.5) is 5.69 Å². The molecule has 6 nitrogen and oxygen atoms in total. The van der Waals surface area contributed by atoms with Crippen LogP contribution < -0.4 is 4.90 Å². The van der Waals surface area contributed by atoms with Crippen LogP contribution in [0, 0.1) is 5.92 Å². The van der Waals surface area contributed by atoms with Crippen LogP contribution in [0.5, 0.6) is 0 Å². The third-order valence-corrected chi connectivity index (χ3v) is 6.29. The normalized spacial score (nSPS) is 16.2. The molecule has 2 heterocycles. The summed E-state index contributed by atoms with van der Waals surface area (Å²) in [5.41, 5.74) is 2.07. The summed E-state index contributed by atoms with van der Waals surface area (Å²) >= 11 is 1.34. The summed E-state index contributed by atoms with van der Waals surface area (Å²) in [5.74, 6) is 1.35. The third-order valence-electron chi connectivity index (χ3n) is 5.37. The highest BCUT2D eigenvalue weighted by Crippen LogP contribution is 2.29. The minimum absolute atomic E-state index is 0.153. The standard InChI is InChI=1S/C21H30N4O2S/c1-5-24(6-2)18-9-7-17(8-10-18)19-22-23-21(27-19)28-16(4)20(26)25-13-11-15(3)12-14-25/h7-10,15-16H,5-6,11-14H2,1-4H3/t16-/m0/s1. The van der Waals surface area contributed by atoms with Gasteiger partial charge in [0.2, 0.25) is 11.8 Å². The first-order valence-corrected chi connectivity index (χ1v) is 11.0. The Morgan fingerprint density at radius 3 is 2.46 bits per heavy atom. The van der Waals surface area contributed by atoms with Gasteiger partial charge in [0.25, 0.3) is 5.22 Å². The largest absolute Gasteiger partial charge is 0.411 e. The number of anilines is 1. The number of piperidine rings is 1. The van der Waals surface area contributed by atoms with Crippen LogP contribution in [0.2, 0.25) is 0 Å². The lowest BCUT2D eigenvalue weighted by Gasteiger charge is -2.31. The van der Waals surface area contributed by atoms with E-state index in [4.69, 9.17) is 4.42 Å². The lowest BCUT2D eigenvalue weighted by molar-refractivity contribution is -0.131. The fourth-order valence-electron chi connectivity index (χ4n) is 3.47. The Labute approximate surface area is 171 Å². The first-order chi connectivity index (χ1) is 13.5. The van der Waals surface area contributed by atoms with E-state index < -0.39 is 0 Å². The van der Waals surface area contributed by atoms with Crippen LogP contribution in [0.25, 0.3) is 11.5 Å². The van der Waals surface area contributed by atoms with E-state index in [9.17, 15) is 4.79 Å². The van der Waals surface area contributed by atoms with Crippen molar-refractivity contribution in [3.63, 3.8) is 0 Å². The molecule has 0 spiro atoms. The van der Waals surface area contributed by atoms with E-state index in [0.717, 1.165) is 44.6 Å². The molecule has 2 aromatic rings. The number of likely N-dealkylation sites (tertiary alicyclic amines) is 1. The van der Waals surface area contributed by atoms with Gasteiger partial charge < -0.3 is 14.2 Å². The van der Waals surface area contributed by atoms with Crippen molar-refractivity contribution in [1.29, 1.82) is 0 Å². The number of hydrogen-bond acceptors (Lipinski definition) is 6. The number of amides is 1. The number of carbonyl (C=O) groups is 1. The molecular weight excluding hydrogens is 372 g/mol. The second-order valence-electron chi connectivity index (χ2n) is 7.36. The van der Waals surface area contributed by atoms with Gasteiger partial charge in [0.05, 0.1) is 5.25 Å². The van der Waals surface area contributed by atoms with Crippen LogP contribution in [0.3, 0.4) is 0 Å². The number of rotatable bonds is 7. The van der Waals surface area contributed by atoms with Crippen LogP contribution in [-0.2, 0) is 4.79 Å². The second-order valence-corrected chi connectivity index (χ2v) is 8.65. The van der Waals surface area contributed by atoms with Gasteiger partial charge in [0.15, 0.2) is 0 Å². The number of hydrogen-bond donors (Lipinski definition) is 0. The molecule has 0 bridgehead atoms. The Morgan fingerprint density at radius 1 is 1.21 bits per heavy atom. The van der Waals surface area contributed by atoms with Crippen molar-refractivity contribution < 1.29 is 9.21 Å². The summed E-state index contributed by atoms with van der Waals surface area (Å²) in [5, 5.41) is 8.50. The van der Waals surface area contributed by atoms with Crippen LogP contribution in [0.1, 0.15) is 40.5 Å². The predicted molar refractivity (Wildman–Crippen MR) is 114 cm³/mol. The maximum atomic E-state index is 12.7. The number of carbonyl (C=O) groups excluding carboxylic acids is 1. The van der Waals surface area contributed by atoms with E-state index in [-0.39, 0.29) is 11.2 Å². The second kappa shape index (κ2) is 9.45. The van der Waals surface area contributed by atoms with Crippen molar-refractivity contribution in [2.75, 3.05) is 31.1 Å². The quantitative estimate of drug-likeness (QED) is 0.643. The maximum absolute atomic E-state index is 12.7. The molecular formula is C21H30N4O2S. The summed E-state index contributed by atoms with van der Waals surface area (Å²) in [7, 11) is 0. The Hall–Kier alpha value is -2.02. The zero-order valence-corrected chi connectivity index (χ0v) is 18.0. The Kier molecular flexibility index (Phi) is 6.99. The van der Waals surface area contributed by atoms with Crippen molar-refractivity contribution in [2.45, 2.75) is 51.0 Å². The molecule has 0 radical (unpaired) electrons. The van der Waals surface area contributed by atoms with E-state index >= 15 is 0 Å². The van der Waals surface area contributed by atoms with Gasteiger partial charge in [-0.25, -0.2) is 0 Å². The molecule has 3 rings (SSSR count). The highest BCUT2D eigenvalue weighted by Gasteiger charge is 2.26. The van der Waals surface area contributed by atoms with Crippen LogP contribution in [-0.4, -0.2) is 52.4 Å². The van der Waals surface area contributed by atoms with Crippen molar-refractivity contribution in [2.24, 2.45) is 5.92 Å². The lowest BCUT2D eigenvalue weighted by Crippen LogP contribution is -2.41. The van der Waals surface area contributed by atoms with Gasteiger partial charge in [-0.2, -0.15) is 0 Å². The molecule has 28 heavy (non-hydrogen) atoms. The summed E-state index contributed by atoms with van der Waals surface area (Å²) in [6.07, 6.45) is 2.16. The van der Waals surface area contributed by atoms with Gasteiger partial charge in [-0.3, -0.25) is 4.79 Å². The van der Waals surface area contributed by atoms with Gasteiger partial charge in [-0.15, -0.1) is 10.2 Å². The topological polar surface area (TPSA) is 62.5 Å². The van der Waals surface area contributed by atoms with E-state index in [1.54, 1.807) is 0 Å². The monoisotopic (exact) mass is 402 g/mol. The van der Waals surface area contributed by atoms with Gasteiger partial charge in [0.1, 0.15) is 0 Å². The Morgan fingerprint density at radius 2 is 1.86 bits per heavy atom. The Bertz CT molecular complexity index is 765. The van der Waals surface area contributed by atoms with Crippen molar-refractivity contribution >= 4 is 23.4 Å². The molecule has 1 aromatic carbocycles. The van der Waals surface area contributed by atoms with E-state index in [2.05, 4.69) is 48.0 Å². The summed E-state index contributed by atoms with van der Waals surface area (Å²) in [6.45, 7) is 12.1. The van der Waals surface area contributed by atoms with Gasteiger partial charge in [-0.05, 0) is 63.8 Å². The fourth-order valence-corrected chi connectivity index (χ4v) is 4.23. The average molecular weight is 403 g/mol. The highest BCUT2D eigenvalue weighted by molar-refractivity contribution is 8.00. The van der Waals surface area contributed by atoms with Crippen molar-refractivity contribution in [3.8, 4) is 11.5 Å². The van der Waals surface area contributed by atoms with Crippen LogP contribution in [0.15, 0.2) is 33.9 Å². The fraction of sp³-hybridized carbons (Fsp3) is 0.571. The molecule has 1 aliphatic heterocycles. The smallest absolute Gasteiger partial charge is 0.277 e. The van der Waals surface area contributed by atoms with E-state index in [1.165, 1.54) is 17.4 Å². The van der Waals surface area contributed by atoms with E-state index in [0.29, 0.717) is 17.0 Å². The van der Waals surface area contributed by atoms with Gasteiger partial charge in [0, 0.05) is 37.4 Å². The van der Waals surface area contributed by atoms with Crippen molar-refractivity contribution in [1.82, 2.24) is 15.1 Å². The summed E-state index contributed by atoms with van der Waals surface area (Å²) in [6, 6.07) is 8.14. The van der Waals surface area contributed by atoms with Crippen molar-refractivity contribution in [3.05, 3.63) is 24.3 Å².